The summed E-state index contributed by atoms with van der Waals surface area (Å²) < 4.78 is 0. The average Bonchev–Trinajstić information content (AvgIpc) is 2.04. The molecule has 0 aliphatic heterocycles. The second kappa shape index (κ2) is 5.16. The minimum absolute atomic E-state index is 0. The van der Waals surface area contributed by atoms with Crippen molar-refractivity contribution < 1.29 is 0 Å². The molecule has 0 saturated heterocycles. The molecule has 2 heteroatoms. The molecule has 0 saturated carbocycles. The minimum atomic E-state index is 0. The van der Waals surface area contributed by atoms with Crippen LogP contribution in [0.1, 0.15) is 18.1 Å². The van der Waals surface area contributed by atoms with Crippen LogP contribution in [0.5, 0.6) is 0 Å². The van der Waals surface area contributed by atoms with Gasteiger partial charge in [-0.1, -0.05) is 31.2 Å². The maximum atomic E-state index is 5.53. The standard InChI is InChI=1S/C9H13N.ClH/c1-2-8-5-3-4-6-9(8)7-10;/h3-6H,2,7,10H2,1H3;1H. The third-order valence-electron chi connectivity index (χ3n) is 1.72. The molecule has 1 aromatic rings. The van der Waals surface area contributed by atoms with Crippen LogP contribution in [-0.2, 0) is 13.0 Å². The zero-order valence-electron chi connectivity index (χ0n) is 6.71. The molecule has 0 aromatic heterocycles. The molecule has 11 heavy (non-hydrogen) atoms. The van der Waals surface area contributed by atoms with Gasteiger partial charge in [0.25, 0.3) is 0 Å². The number of benzene rings is 1. The lowest BCUT2D eigenvalue weighted by molar-refractivity contribution is 1.00. The highest BCUT2D eigenvalue weighted by molar-refractivity contribution is 5.85. The normalized spacial score (nSPS) is 8.91. The van der Waals surface area contributed by atoms with E-state index in [1.54, 1.807) is 0 Å². The SMILES string of the molecule is CCc1ccccc1CN.Cl. The summed E-state index contributed by atoms with van der Waals surface area (Å²) in [4.78, 5) is 0. The lowest BCUT2D eigenvalue weighted by Crippen LogP contribution is -1.99. The highest BCUT2D eigenvalue weighted by atomic mass is 35.5. The summed E-state index contributed by atoms with van der Waals surface area (Å²) in [6.45, 7) is 2.80. The molecule has 2 N–H and O–H groups in total. The first-order chi connectivity index (χ1) is 4.88. The molecular weight excluding hydrogens is 158 g/mol. The fourth-order valence-corrected chi connectivity index (χ4v) is 1.10. The molecule has 0 atom stereocenters. The van der Waals surface area contributed by atoms with Gasteiger partial charge in [0, 0.05) is 6.54 Å². The highest BCUT2D eigenvalue weighted by Gasteiger charge is 1.94. The maximum Gasteiger partial charge on any atom is 0.0180 e. The summed E-state index contributed by atoms with van der Waals surface area (Å²) in [5.74, 6) is 0. The van der Waals surface area contributed by atoms with Crippen LogP contribution in [0.4, 0.5) is 0 Å². The molecule has 0 unspecified atom stereocenters. The highest BCUT2D eigenvalue weighted by Crippen LogP contribution is 2.07. The zero-order valence-corrected chi connectivity index (χ0v) is 7.53. The molecule has 1 nitrogen and oxygen atoms in total. The van der Waals surface area contributed by atoms with Gasteiger partial charge in [0.1, 0.15) is 0 Å². The fraction of sp³-hybridized carbons (Fsp3) is 0.333. The molecule has 0 bridgehead atoms. The molecule has 0 heterocycles. The van der Waals surface area contributed by atoms with Crippen LogP contribution < -0.4 is 5.73 Å². The van der Waals surface area contributed by atoms with E-state index in [0.717, 1.165) is 6.42 Å². The molecule has 62 valence electrons. The van der Waals surface area contributed by atoms with Gasteiger partial charge in [-0.2, -0.15) is 0 Å². The van der Waals surface area contributed by atoms with Crippen molar-refractivity contribution in [2.45, 2.75) is 19.9 Å². The van der Waals surface area contributed by atoms with Crippen molar-refractivity contribution in [3.05, 3.63) is 35.4 Å². The molecule has 0 aliphatic carbocycles. The molecule has 0 spiro atoms. The first kappa shape index (κ1) is 10.5. The first-order valence-corrected chi connectivity index (χ1v) is 3.65. The van der Waals surface area contributed by atoms with E-state index in [4.69, 9.17) is 5.73 Å². The van der Waals surface area contributed by atoms with E-state index in [-0.39, 0.29) is 12.4 Å². The Balaban J connectivity index is 0.000001000. The Hall–Kier alpha value is -0.530. The van der Waals surface area contributed by atoms with E-state index in [9.17, 15) is 0 Å². The van der Waals surface area contributed by atoms with Crippen molar-refractivity contribution in [1.29, 1.82) is 0 Å². The van der Waals surface area contributed by atoms with Crippen LogP contribution in [0.15, 0.2) is 24.3 Å². The monoisotopic (exact) mass is 171 g/mol. The predicted molar refractivity (Wildman–Crippen MR) is 51.0 cm³/mol. The van der Waals surface area contributed by atoms with Gasteiger partial charge in [-0.3, -0.25) is 0 Å². The minimum Gasteiger partial charge on any atom is -0.326 e. The van der Waals surface area contributed by atoms with Crippen molar-refractivity contribution in [2.24, 2.45) is 5.73 Å². The summed E-state index contributed by atoms with van der Waals surface area (Å²) in [7, 11) is 0. The number of nitrogens with two attached hydrogens (primary N) is 1. The van der Waals surface area contributed by atoms with E-state index in [0.29, 0.717) is 6.54 Å². The molecule has 0 amide bonds. The Kier molecular flexibility index (Phi) is 4.92. The summed E-state index contributed by atoms with van der Waals surface area (Å²) in [5.41, 5.74) is 8.16. The Morgan fingerprint density at radius 2 is 1.73 bits per heavy atom. The third kappa shape index (κ3) is 2.52. The van der Waals surface area contributed by atoms with Gasteiger partial charge in [-0.15, -0.1) is 12.4 Å². The first-order valence-electron chi connectivity index (χ1n) is 3.65. The van der Waals surface area contributed by atoms with Crippen molar-refractivity contribution >= 4 is 12.4 Å². The van der Waals surface area contributed by atoms with Gasteiger partial charge in [-0.05, 0) is 17.5 Å². The van der Waals surface area contributed by atoms with Crippen molar-refractivity contribution in [2.75, 3.05) is 0 Å². The molecule has 1 aromatic carbocycles. The zero-order chi connectivity index (χ0) is 7.40. The average molecular weight is 172 g/mol. The van der Waals surface area contributed by atoms with E-state index >= 15 is 0 Å². The van der Waals surface area contributed by atoms with Gasteiger partial charge >= 0.3 is 0 Å². The third-order valence-corrected chi connectivity index (χ3v) is 1.72. The Morgan fingerprint density at radius 3 is 2.09 bits per heavy atom. The number of hydrogen-bond donors (Lipinski definition) is 1. The van der Waals surface area contributed by atoms with Gasteiger partial charge in [0.2, 0.25) is 0 Å². The molecule has 1 rings (SSSR count). The summed E-state index contributed by atoms with van der Waals surface area (Å²) in [5, 5.41) is 0. The lowest BCUT2D eigenvalue weighted by Gasteiger charge is -2.02. The van der Waals surface area contributed by atoms with E-state index < -0.39 is 0 Å². The number of hydrogen-bond acceptors (Lipinski definition) is 1. The largest absolute Gasteiger partial charge is 0.326 e. The van der Waals surface area contributed by atoms with E-state index in [1.165, 1.54) is 11.1 Å². The van der Waals surface area contributed by atoms with Crippen molar-refractivity contribution in [1.82, 2.24) is 0 Å². The molecule has 0 aliphatic rings. The summed E-state index contributed by atoms with van der Waals surface area (Å²) >= 11 is 0. The van der Waals surface area contributed by atoms with Crippen LogP contribution in [-0.4, -0.2) is 0 Å². The Morgan fingerprint density at radius 1 is 1.18 bits per heavy atom. The van der Waals surface area contributed by atoms with Crippen LogP contribution >= 0.6 is 12.4 Å². The van der Waals surface area contributed by atoms with Crippen LogP contribution in [0.2, 0.25) is 0 Å². The van der Waals surface area contributed by atoms with Crippen LogP contribution in [0.3, 0.4) is 0 Å². The van der Waals surface area contributed by atoms with Gasteiger partial charge < -0.3 is 5.73 Å². The number of rotatable bonds is 2. The van der Waals surface area contributed by atoms with Crippen molar-refractivity contribution in [3.8, 4) is 0 Å². The summed E-state index contributed by atoms with van der Waals surface area (Å²) in [6, 6.07) is 8.29. The Labute approximate surface area is 74.0 Å². The maximum absolute atomic E-state index is 5.53. The lowest BCUT2D eigenvalue weighted by atomic mass is 10.1. The molecule has 0 radical (unpaired) electrons. The predicted octanol–water partition coefficient (Wildman–Crippen LogP) is 2.13. The Bertz CT molecular complexity index is 187. The van der Waals surface area contributed by atoms with Gasteiger partial charge in [0.15, 0.2) is 0 Å². The smallest absolute Gasteiger partial charge is 0.0180 e. The molecular formula is C9H14ClN. The molecule has 0 fully saturated rings. The second-order valence-corrected chi connectivity index (χ2v) is 2.33. The van der Waals surface area contributed by atoms with Crippen LogP contribution in [0, 0.1) is 0 Å². The summed E-state index contributed by atoms with van der Waals surface area (Å²) in [6.07, 6.45) is 1.08. The second-order valence-electron chi connectivity index (χ2n) is 2.33. The fourth-order valence-electron chi connectivity index (χ4n) is 1.10. The van der Waals surface area contributed by atoms with Crippen LogP contribution in [0.25, 0.3) is 0 Å². The number of aryl methyl sites for hydroxylation is 1. The van der Waals surface area contributed by atoms with Gasteiger partial charge in [0.05, 0.1) is 0 Å². The van der Waals surface area contributed by atoms with Crippen molar-refractivity contribution in [3.63, 3.8) is 0 Å². The van der Waals surface area contributed by atoms with E-state index in [1.807, 2.05) is 6.07 Å². The van der Waals surface area contributed by atoms with Gasteiger partial charge in [-0.25, -0.2) is 0 Å². The quantitative estimate of drug-likeness (QED) is 0.725. The van der Waals surface area contributed by atoms with E-state index in [2.05, 4.69) is 25.1 Å². The topological polar surface area (TPSA) is 26.0 Å². The number of halogens is 1.